The number of hydrogen-bond acceptors (Lipinski definition) is 7. The Hall–Kier alpha value is -2.26. The molecule has 0 spiro atoms. The van der Waals surface area contributed by atoms with Crippen LogP contribution in [0.3, 0.4) is 0 Å². The first kappa shape index (κ1) is 21.0. The van der Waals surface area contributed by atoms with Crippen molar-refractivity contribution in [1.29, 1.82) is 0 Å². The Balaban J connectivity index is 2.25. The van der Waals surface area contributed by atoms with Crippen molar-refractivity contribution in [3.05, 3.63) is 28.8 Å². The van der Waals surface area contributed by atoms with Gasteiger partial charge >= 0.3 is 5.97 Å². The molecule has 7 nitrogen and oxygen atoms in total. The quantitative estimate of drug-likeness (QED) is 0.655. The molecule has 1 aromatic carbocycles. The molecule has 0 saturated carbocycles. The van der Waals surface area contributed by atoms with Crippen molar-refractivity contribution in [2.24, 2.45) is 0 Å². The zero-order valence-corrected chi connectivity index (χ0v) is 17.2. The molecule has 0 saturated heterocycles. The zero-order valence-electron chi connectivity index (χ0n) is 15.6. The zero-order chi connectivity index (χ0) is 20.0. The van der Waals surface area contributed by atoms with Crippen LogP contribution < -0.4 is 14.8 Å². The van der Waals surface area contributed by atoms with Crippen molar-refractivity contribution in [1.82, 2.24) is 10.3 Å². The van der Waals surface area contributed by atoms with Crippen molar-refractivity contribution in [2.75, 3.05) is 26.2 Å². The predicted octanol–water partition coefficient (Wildman–Crippen LogP) is 3.07. The highest BCUT2D eigenvalue weighted by molar-refractivity contribution is 7.98. The predicted molar refractivity (Wildman–Crippen MR) is 107 cm³/mol. The van der Waals surface area contributed by atoms with Gasteiger partial charge in [-0.15, -0.1) is 11.3 Å². The van der Waals surface area contributed by atoms with E-state index < -0.39 is 17.9 Å². The number of benzene rings is 1. The standard InChI is InChI=1S/C18H22N2O5S2/c1-10-15(16(21)20-12(18(22)23)7-8-26-4)27-17(19-10)11-5-6-13(24-2)14(9-11)25-3/h5-6,9,12H,7-8H2,1-4H3,(H,20,21)(H,22,23). The van der Waals surface area contributed by atoms with E-state index in [0.717, 1.165) is 5.56 Å². The van der Waals surface area contributed by atoms with Gasteiger partial charge in [0.2, 0.25) is 0 Å². The third kappa shape index (κ3) is 5.14. The van der Waals surface area contributed by atoms with Gasteiger partial charge in [-0.25, -0.2) is 9.78 Å². The summed E-state index contributed by atoms with van der Waals surface area (Å²) in [5.74, 6) is 0.350. The summed E-state index contributed by atoms with van der Waals surface area (Å²) in [4.78, 5) is 28.8. The van der Waals surface area contributed by atoms with Gasteiger partial charge in [-0.3, -0.25) is 4.79 Å². The Morgan fingerprint density at radius 2 is 2.00 bits per heavy atom. The first-order chi connectivity index (χ1) is 12.9. The molecule has 1 unspecified atom stereocenters. The third-order valence-electron chi connectivity index (χ3n) is 3.85. The second kappa shape index (κ2) is 9.61. The van der Waals surface area contributed by atoms with Crippen LogP contribution in [-0.2, 0) is 4.79 Å². The van der Waals surface area contributed by atoms with E-state index in [4.69, 9.17) is 9.47 Å². The number of carboxylic acids is 1. The summed E-state index contributed by atoms with van der Waals surface area (Å²) >= 11 is 2.75. The highest BCUT2D eigenvalue weighted by Crippen LogP contribution is 2.35. The molecular weight excluding hydrogens is 388 g/mol. The first-order valence-electron chi connectivity index (χ1n) is 8.13. The van der Waals surface area contributed by atoms with Crippen LogP contribution in [0.15, 0.2) is 18.2 Å². The lowest BCUT2D eigenvalue weighted by Crippen LogP contribution is -2.41. The van der Waals surface area contributed by atoms with Gasteiger partial charge < -0.3 is 19.9 Å². The normalized spacial score (nSPS) is 11.7. The molecule has 1 amide bonds. The number of methoxy groups -OCH3 is 2. The molecule has 0 aliphatic carbocycles. The summed E-state index contributed by atoms with van der Waals surface area (Å²) in [5, 5.41) is 12.5. The van der Waals surface area contributed by atoms with Gasteiger partial charge in [0.1, 0.15) is 15.9 Å². The van der Waals surface area contributed by atoms with E-state index in [1.54, 1.807) is 33.3 Å². The average Bonchev–Trinajstić information content (AvgIpc) is 3.05. The Morgan fingerprint density at radius 1 is 1.30 bits per heavy atom. The average molecular weight is 411 g/mol. The summed E-state index contributed by atoms with van der Waals surface area (Å²) < 4.78 is 10.5. The number of aromatic nitrogens is 1. The Bertz CT molecular complexity index is 822. The number of nitrogens with one attached hydrogen (secondary N) is 1. The number of carbonyl (C=O) groups excluding carboxylic acids is 1. The minimum Gasteiger partial charge on any atom is -0.493 e. The second-order valence-electron chi connectivity index (χ2n) is 5.65. The van der Waals surface area contributed by atoms with Gasteiger partial charge in [-0.1, -0.05) is 0 Å². The van der Waals surface area contributed by atoms with Crippen molar-refractivity contribution < 1.29 is 24.2 Å². The second-order valence-corrected chi connectivity index (χ2v) is 7.63. The molecule has 27 heavy (non-hydrogen) atoms. The molecule has 0 bridgehead atoms. The van der Waals surface area contributed by atoms with Crippen LogP contribution in [0.1, 0.15) is 21.8 Å². The van der Waals surface area contributed by atoms with Crippen molar-refractivity contribution in [3.63, 3.8) is 0 Å². The smallest absolute Gasteiger partial charge is 0.326 e. The molecule has 2 rings (SSSR count). The fourth-order valence-electron chi connectivity index (χ4n) is 2.42. The van der Waals surface area contributed by atoms with Crippen LogP contribution in [0, 0.1) is 6.92 Å². The molecular formula is C18H22N2O5S2. The molecule has 1 aromatic heterocycles. The fraction of sp³-hybridized carbons (Fsp3) is 0.389. The molecule has 146 valence electrons. The molecule has 0 aliphatic heterocycles. The number of carboxylic acid groups (broad SMARTS) is 1. The van der Waals surface area contributed by atoms with Crippen LogP contribution >= 0.6 is 23.1 Å². The molecule has 0 aliphatic rings. The van der Waals surface area contributed by atoms with Gasteiger partial charge in [0.25, 0.3) is 5.91 Å². The topological polar surface area (TPSA) is 97.8 Å². The van der Waals surface area contributed by atoms with Crippen LogP contribution in [0.2, 0.25) is 0 Å². The number of thioether (sulfide) groups is 1. The highest BCUT2D eigenvalue weighted by Gasteiger charge is 2.23. The SMILES string of the molecule is COc1ccc(-c2nc(C)c(C(=O)NC(CCSC)C(=O)O)s2)cc1OC. The summed E-state index contributed by atoms with van der Waals surface area (Å²) in [6, 6.07) is 4.47. The molecule has 0 radical (unpaired) electrons. The summed E-state index contributed by atoms with van der Waals surface area (Å²) in [5.41, 5.74) is 1.34. The van der Waals surface area contributed by atoms with Crippen LogP contribution in [0.5, 0.6) is 11.5 Å². The van der Waals surface area contributed by atoms with E-state index >= 15 is 0 Å². The third-order valence-corrected chi connectivity index (χ3v) is 5.70. The number of aryl methyl sites for hydroxylation is 1. The van der Waals surface area contributed by atoms with Gasteiger partial charge in [0, 0.05) is 5.56 Å². The van der Waals surface area contributed by atoms with E-state index in [-0.39, 0.29) is 0 Å². The first-order valence-corrected chi connectivity index (χ1v) is 10.3. The maximum Gasteiger partial charge on any atom is 0.326 e. The Labute approximate surface area is 166 Å². The van der Waals surface area contributed by atoms with Gasteiger partial charge in [-0.05, 0) is 43.6 Å². The summed E-state index contributed by atoms with van der Waals surface area (Å²) in [7, 11) is 3.11. The van der Waals surface area contributed by atoms with Crippen molar-refractivity contribution in [3.8, 4) is 22.1 Å². The maximum atomic E-state index is 12.6. The van der Waals surface area contributed by atoms with Crippen LogP contribution in [0.4, 0.5) is 0 Å². The number of carbonyl (C=O) groups is 2. The molecule has 2 aromatic rings. The fourth-order valence-corrected chi connectivity index (χ4v) is 3.85. The van der Waals surface area contributed by atoms with Gasteiger partial charge in [-0.2, -0.15) is 11.8 Å². The molecule has 9 heteroatoms. The molecule has 1 heterocycles. The van der Waals surface area contributed by atoms with Gasteiger partial charge in [0.15, 0.2) is 11.5 Å². The van der Waals surface area contributed by atoms with E-state index in [1.165, 1.54) is 23.1 Å². The molecule has 0 fully saturated rings. The number of hydrogen-bond donors (Lipinski definition) is 2. The lowest BCUT2D eigenvalue weighted by molar-refractivity contribution is -0.139. The number of rotatable bonds is 9. The maximum absolute atomic E-state index is 12.6. The number of amides is 1. The highest BCUT2D eigenvalue weighted by atomic mass is 32.2. The summed E-state index contributed by atoms with van der Waals surface area (Å²) in [6.45, 7) is 1.73. The number of nitrogens with zero attached hydrogens (tertiary/aromatic N) is 1. The largest absolute Gasteiger partial charge is 0.493 e. The Morgan fingerprint density at radius 3 is 2.59 bits per heavy atom. The van der Waals surface area contributed by atoms with E-state index in [9.17, 15) is 14.7 Å². The lowest BCUT2D eigenvalue weighted by Gasteiger charge is -2.13. The number of ether oxygens (including phenoxy) is 2. The van der Waals surface area contributed by atoms with E-state index in [2.05, 4.69) is 10.3 Å². The minimum atomic E-state index is -1.04. The number of thiazole rings is 1. The van der Waals surface area contributed by atoms with Crippen molar-refractivity contribution >= 4 is 35.0 Å². The van der Waals surface area contributed by atoms with Crippen LogP contribution in [-0.4, -0.2) is 54.2 Å². The number of aliphatic carboxylic acids is 1. The van der Waals surface area contributed by atoms with Crippen molar-refractivity contribution in [2.45, 2.75) is 19.4 Å². The van der Waals surface area contributed by atoms with Crippen LogP contribution in [0.25, 0.3) is 10.6 Å². The molecule has 1 atom stereocenters. The van der Waals surface area contributed by atoms with E-state index in [1.807, 2.05) is 12.3 Å². The summed E-state index contributed by atoms with van der Waals surface area (Å²) in [6.07, 6.45) is 2.26. The Kier molecular flexibility index (Phi) is 7.49. The van der Waals surface area contributed by atoms with E-state index in [0.29, 0.717) is 39.3 Å². The monoisotopic (exact) mass is 410 g/mol. The van der Waals surface area contributed by atoms with Gasteiger partial charge in [0.05, 0.1) is 19.9 Å². The molecule has 2 N–H and O–H groups in total. The lowest BCUT2D eigenvalue weighted by atomic mass is 10.2. The minimum absolute atomic E-state index is 0.364.